The number of carbonyl (C=O) groups excluding carboxylic acids is 2. The third kappa shape index (κ3) is 3.62. The number of fused-ring (bicyclic) bond motifs is 1. The van der Waals surface area contributed by atoms with Crippen molar-refractivity contribution in [2.24, 2.45) is 0 Å². The van der Waals surface area contributed by atoms with Gasteiger partial charge in [0, 0.05) is 25.2 Å². The van der Waals surface area contributed by atoms with Crippen LogP contribution < -0.4 is 14.5 Å². The van der Waals surface area contributed by atoms with Crippen molar-refractivity contribution in [3.63, 3.8) is 0 Å². The van der Waals surface area contributed by atoms with Crippen LogP contribution in [0.4, 0.5) is 20.6 Å². The Balaban J connectivity index is 1.53. The van der Waals surface area contributed by atoms with E-state index in [0.29, 0.717) is 17.4 Å². The molecule has 1 unspecified atom stereocenters. The van der Waals surface area contributed by atoms with Gasteiger partial charge in [-0.1, -0.05) is 18.2 Å². The zero-order chi connectivity index (χ0) is 22.4. The van der Waals surface area contributed by atoms with Crippen LogP contribution in [0.1, 0.15) is 32.7 Å². The van der Waals surface area contributed by atoms with Gasteiger partial charge >= 0.3 is 6.09 Å². The van der Waals surface area contributed by atoms with Gasteiger partial charge in [0.05, 0.1) is 29.7 Å². The Morgan fingerprint density at radius 2 is 1.88 bits per heavy atom. The minimum atomic E-state index is -0.697. The molecule has 0 spiro atoms. The standard InChI is InChI=1S/C24H23FN4O3/c1-15-13-27(24(31)32-23-6-4-3-5-20(23)25)22-11-17(7-10-21(22)29(15)16(2)30)18-12-26-28(14-18)19-8-9-19/h3-7,10-12,14-15,19H,8-9,13H2,1-2H3. The highest BCUT2D eigenvalue weighted by Crippen LogP contribution is 2.40. The van der Waals surface area contributed by atoms with Crippen molar-refractivity contribution in [3.05, 3.63) is 60.7 Å². The molecule has 8 heteroatoms. The average Bonchev–Trinajstić information content (AvgIpc) is 3.50. The lowest BCUT2D eigenvalue weighted by Gasteiger charge is -2.40. The third-order valence-electron chi connectivity index (χ3n) is 5.86. The number of benzene rings is 2. The first-order chi connectivity index (χ1) is 15.4. The molecule has 32 heavy (non-hydrogen) atoms. The second kappa shape index (κ2) is 7.78. The van der Waals surface area contributed by atoms with E-state index in [1.807, 2.05) is 36.0 Å². The maximum Gasteiger partial charge on any atom is 0.419 e. The van der Waals surface area contributed by atoms with Crippen molar-refractivity contribution in [1.29, 1.82) is 0 Å². The lowest BCUT2D eigenvalue weighted by Crippen LogP contribution is -2.52. The second-order valence-electron chi connectivity index (χ2n) is 8.29. The number of aromatic nitrogens is 2. The monoisotopic (exact) mass is 434 g/mol. The molecule has 164 valence electrons. The molecule has 7 nitrogen and oxygen atoms in total. The highest BCUT2D eigenvalue weighted by molar-refractivity contribution is 6.03. The Kier molecular flexibility index (Phi) is 4.92. The van der Waals surface area contributed by atoms with Crippen molar-refractivity contribution in [2.75, 3.05) is 16.3 Å². The molecule has 1 aliphatic carbocycles. The Morgan fingerprint density at radius 1 is 1.09 bits per heavy atom. The van der Waals surface area contributed by atoms with Gasteiger partial charge in [-0.15, -0.1) is 0 Å². The Labute approximate surface area is 185 Å². The molecule has 1 aliphatic heterocycles. The van der Waals surface area contributed by atoms with Crippen LogP contribution in [0.2, 0.25) is 0 Å². The lowest BCUT2D eigenvalue weighted by atomic mass is 10.0. The summed E-state index contributed by atoms with van der Waals surface area (Å²) < 4.78 is 21.4. The van der Waals surface area contributed by atoms with E-state index in [1.54, 1.807) is 17.2 Å². The summed E-state index contributed by atoms with van der Waals surface area (Å²) in [4.78, 5) is 28.5. The van der Waals surface area contributed by atoms with Crippen molar-refractivity contribution < 1.29 is 18.7 Å². The first-order valence-corrected chi connectivity index (χ1v) is 10.6. The molecule has 1 fully saturated rings. The molecule has 3 aromatic rings. The molecular formula is C24H23FN4O3. The summed E-state index contributed by atoms with van der Waals surface area (Å²) in [6.07, 6.45) is 5.36. The number of carbonyl (C=O) groups is 2. The number of halogens is 1. The van der Waals surface area contributed by atoms with E-state index >= 15 is 0 Å². The van der Waals surface area contributed by atoms with Gasteiger partial charge in [-0.25, -0.2) is 9.18 Å². The average molecular weight is 434 g/mol. The highest BCUT2D eigenvalue weighted by Gasteiger charge is 2.35. The molecule has 2 aromatic carbocycles. The molecule has 0 radical (unpaired) electrons. The number of para-hydroxylation sites is 1. The molecule has 0 saturated heterocycles. The topological polar surface area (TPSA) is 67.7 Å². The second-order valence-corrected chi connectivity index (χ2v) is 8.29. The minimum absolute atomic E-state index is 0.116. The fourth-order valence-corrected chi connectivity index (χ4v) is 4.16. The molecule has 5 rings (SSSR count). The van der Waals surface area contributed by atoms with E-state index in [4.69, 9.17) is 4.74 Å². The van der Waals surface area contributed by atoms with Crippen LogP contribution in [0, 0.1) is 5.82 Å². The number of nitrogens with zero attached hydrogens (tertiary/aromatic N) is 4. The summed E-state index contributed by atoms with van der Waals surface area (Å²) >= 11 is 0. The molecule has 1 saturated carbocycles. The summed E-state index contributed by atoms with van der Waals surface area (Å²) in [6.45, 7) is 3.59. The van der Waals surface area contributed by atoms with Crippen LogP contribution in [0.25, 0.3) is 11.1 Å². The minimum Gasteiger partial charge on any atom is -0.407 e. The molecule has 2 heterocycles. The molecule has 1 atom stereocenters. The quantitative estimate of drug-likeness (QED) is 0.595. The largest absolute Gasteiger partial charge is 0.419 e. The first-order valence-electron chi connectivity index (χ1n) is 10.6. The summed E-state index contributed by atoms with van der Waals surface area (Å²) in [5, 5.41) is 4.45. The zero-order valence-electron chi connectivity index (χ0n) is 17.9. The molecule has 0 bridgehead atoms. The van der Waals surface area contributed by atoms with E-state index in [1.165, 1.54) is 30.0 Å². The Morgan fingerprint density at radius 3 is 2.59 bits per heavy atom. The molecule has 2 amide bonds. The lowest BCUT2D eigenvalue weighted by molar-refractivity contribution is -0.117. The number of anilines is 2. The van der Waals surface area contributed by atoms with E-state index in [9.17, 15) is 14.0 Å². The van der Waals surface area contributed by atoms with Gasteiger partial charge in [0.25, 0.3) is 0 Å². The van der Waals surface area contributed by atoms with Gasteiger partial charge < -0.3 is 9.64 Å². The van der Waals surface area contributed by atoms with Crippen molar-refractivity contribution >= 4 is 23.4 Å². The van der Waals surface area contributed by atoms with Gasteiger partial charge in [0.15, 0.2) is 11.6 Å². The third-order valence-corrected chi connectivity index (χ3v) is 5.86. The van der Waals surface area contributed by atoms with Gasteiger partial charge in [-0.3, -0.25) is 14.4 Å². The van der Waals surface area contributed by atoms with Crippen LogP contribution in [-0.4, -0.2) is 34.4 Å². The normalized spacial score (nSPS) is 17.8. The van der Waals surface area contributed by atoms with Gasteiger partial charge in [-0.05, 0) is 49.6 Å². The van der Waals surface area contributed by atoms with E-state index in [0.717, 1.165) is 24.0 Å². The maximum absolute atomic E-state index is 14.1. The summed E-state index contributed by atoms with van der Waals surface area (Å²) in [6, 6.07) is 11.6. The maximum atomic E-state index is 14.1. The predicted octanol–water partition coefficient (Wildman–Crippen LogP) is 4.78. The van der Waals surface area contributed by atoms with E-state index in [2.05, 4.69) is 5.10 Å². The number of amides is 2. The number of hydrogen-bond donors (Lipinski definition) is 0. The summed E-state index contributed by atoms with van der Waals surface area (Å²) in [5.74, 6) is -0.865. The zero-order valence-corrected chi connectivity index (χ0v) is 17.9. The van der Waals surface area contributed by atoms with Gasteiger partial charge in [0.2, 0.25) is 5.91 Å². The first kappa shape index (κ1) is 20.2. The van der Waals surface area contributed by atoms with Gasteiger partial charge in [-0.2, -0.15) is 5.10 Å². The predicted molar refractivity (Wildman–Crippen MR) is 118 cm³/mol. The number of rotatable bonds is 3. The van der Waals surface area contributed by atoms with E-state index < -0.39 is 11.9 Å². The molecule has 1 aromatic heterocycles. The van der Waals surface area contributed by atoms with Crippen LogP contribution in [-0.2, 0) is 4.79 Å². The Bertz CT molecular complexity index is 1200. The number of hydrogen-bond acceptors (Lipinski definition) is 4. The van der Waals surface area contributed by atoms with Crippen LogP contribution in [0.3, 0.4) is 0 Å². The fourth-order valence-electron chi connectivity index (χ4n) is 4.16. The van der Waals surface area contributed by atoms with Crippen molar-refractivity contribution in [3.8, 4) is 16.9 Å². The highest BCUT2D eigenvalue weighted by atomic mass is 19.1. The number of ether oxygens (including phenoxy) is 1. The summed E-state index contributed by atoms with van der Waals surface area (Å²) in [5.41, 5.74) is 2.95. The van der Waals surface area contributed by atoms with Crippen LogP contribution >= 0.6 is 0 Å². The smallest absolute Gasteiger partial charge is 0.407 e. The molecule has 0 N–H and O–H groups in total. The fraction of sp³-hybridized carbons (Fsp3) is 0.292. The SMILES string of the molecule is CC(=O)N1c2ccc(-c3cnn(C4CC4)c3)cc2N(C(=O)Oc2ccccc2F)CC1C. The van der Waals surface area contributed by atoms with Crippen LogP contribution in [0.15, 0.2) is 54.9 Å². The molecular weight excluding hydrogens is 411 g/mol. The van der Waals surface area contributed by atoms with Gasteiger partial charge in [0.1, 0.15) is 0 Å². The van der Waals surface area contributed by atoms with E-state index in [-0.39, 0.29) is 24.2 Å². The van der Waals surface area contributed by atoms with Crippen LogP contribution in [0.5, 0.6) is 5.75 Å². The van der Waals surface area contributed by atoms with Crippen molar-refractivity contribution in [2.45, 2.75) is 38.8 Å². The summed E-state index contributed by atoms with van der Waals surface area (Å²) in [7, 11) is 0. The van der Waals surface area contributed by atoms with Crippen molar-refractivity contribution in [1.82, 2.24) is 9.78 Å². The Hall–Kier alpha value is -3.68. The molecule has 2 aliphatic rings.